The standard InChI is InChI=1S/C21H32N6O2/c1-6-16-8-10-17(11-9-16)21(3,4)15-24-20(22-7-2)23-12-18-13-27(26-25-18)14-19(28)29-5/h8-11,13H,6-7,12,14-15H2,1-5H3,(H2,22,23,24). The Bertz CT molecular complexity index is 811. The van der Waals surface area contributed by atoms with E-state index in [-0.39, 0.29) is 17.9 Å². The van der Waals surface area contributed by atoms with Crippen LogP contribution in [0.4, 0.5) is 0 Å². The van der Waals surface area contributed by atoms with Gasteiger partial charge in [0.25, 0.3) is 0 Å². The van der Waals surface area contributed by atoms with Gasteiger partial charge in [0, 0.05) is 18.5 Å². The largest absolute Gasteiger partial charge is 0.468 e. The summed E-state index contributed by atoms with van der Waals surface area (Å²) in [5.41, 5.74) is 3.25. The van der Waals surface area contributed by atoms with Crippen molar-refractivity contribution >= 4 is 11.9 Å². The number of aromatic nitrogens is 3. The number of nitrogens with one attached hydrogen (secondary N) is 2. The number of aryl methyl sites for hydroxylation is 1. The molecule has 0 radical (unpaired) electrons. The van der Waals surface area contributed by atoms with Crippen LogP contribution >= 0.6 is 0 Å². The van der Waals surface area contributed by atoms with Gasteiger partial charge in [-0.3, -0.25) is 4.79 Å². The fourth-order valence-electron chi connectivity index (χ4n) is 2.79. The van der Waals surface area contributed by atoms with Crippen LogP contribution in [-0.2, 0) is 34.5 Å². The van der Waals surface area contributed by atoms with Gasteiger partial charge in [0.05, 0.1) is 19.9 Å². The number of carbonyl (C=O) groups excluding carboxylic acids is 1. The lowest BCUT2D eigenvalue weighted by Gasteiger charge is -2.27. The summed E-state index contributed by atoms with van der Waals surface area (Å²) >= 11 is 0. The second-order valence-corrected chi connectivity index (χ2v) is 7.47. The van der Waals surface area contributed by atoms with Gasteiger partial charge in [-0.1, -0.05) is 50.3 Å². The number of guanidine groups is 1. The van der Waals surface area contributed by atoms with Crippen LogP contribution in [0.5, 0.6) is 0 Å². The molecule has 158 valence electrons. The Balaban J connectivity index is 1.98. The highest BCUT2D eigenvalue weighted by atomic mass is 16.5. The van der Waals surface area contributed by atoms with Gasteiger partial charge in [0.2, 0.25) is 0 Å². The molecule has 0 saturated carbocycles. The number of nitrogens with zero attached hydrogens (tertiary/aromatic N) is 4. The van der Waals surface area contributed by atoms with Gasteiger partial charge in [-0.05, 0) is 24.5 Å². The number of hydrogen-bond acceptors (Lipinski definition) is 5. The third kappa shape index (κ3) is 6.89. The highest BCUT2D eigenvalue weighted by Gasteiger charge is 2.21. The molecule has 0 fully saturated rings. The fraction of sp³-hybridized carbons (Fsp3) is 0.524. The van der Waals surface area contributed by atoms with E-state index in [0.29, 0.717) is 18.2 Å². The molecule has 8 nitrogen and oxygen atoms in total. The van der Waals surface area contributed by atoms with E-state index >= 15 is 0 Å². The molecule has 8 heteroatoms. The number of rotatable bonds is 9. The number of ether oxygens (including phenoxy) is 1. The van der Waals surface area contributed by atoms with Crippen LogP contribution in [0.25, 0.3) is 0 Å². The normalized spacial score (nSPS) is 12.0. The van der Waals surface area contributed by atoms with E-state index in [4.69, 9.17) is 0 Å². The average molecular weight is 401 g/mol. The van der Waals surface area contributed by atoms with Gasteiger partial charge in [0.15, 0.2) is 5.96 Å². The number of aliphatic imine (C=N–C) groups is 1. The minimum atomic E-state index is -0.367. The summed E-state index contributed by atoms with van der Waals surface area (Å²) < 4.78 is 6.08. The summed E-state index contributed by atoms with van der Waals surface area (Å²) in [6.07, 6.45) is 2.74. The fourth-order valence-corrected chi connectivity index (χ4v) is 2.79. The van der Waals surface area contributed by atoms with Gasteiger partial charge in [-0.2, -0.15) is 0 Å². The molecule has 2 aromatic rings. The Morgan fingerprint density at radius 3 is 2.55 bits per heavy atom. The van der Waals surface area contributed by atoms with Crippen LogP contribution in [0.3, 0.4) is 0 Å². The van der Waals surface area contributed by atoms with Crippen LogP contribution in [0.15, 0.2) is 35.5 Å². The maximum Gasteiger partial charge on any atom is 0.327 e. The molecule has 0 aliphatic heterocycles. The van der Waals surface area contributed by atoms with E-state index in [0.717, 1.165) is 19.5 Å². The smallest absolute Gasteiger partial charge is 0.327 e. The predicted molar refractivity (Wildman–Crippen MR) is 114 cm³/mol. The van der Waals surface area contributed by atoms with Crippen molar-refractivity contribution in [3.63, 3.8) is 0 Å². The molecule has 2 N–H and O–H groups in total. The highest BCUT2D eigenvalue weighted by Crippen LogP contribution is 2.22. The highest BCUT2D eigenvalue weighted by molar-refractivity contribution is 5.79. The molecular weight excluding hydrogens is 368 g/mol. The Labute approximate surface area is 172 Å². The van der Waals surface area contributed by atoms with Gasteiger partial charge < -0.3 is 15.4 Å². The minimum absolute atomic E-state index is 0.0382. The van der Waals surface area contributed by atoms with Gasteiger partial charge in [-0.25, -0.2) is 9.67 Å². The lowest BCUT2D eigenvalue weighted by atomic mass is 9.84. The molecule has 0 spiro atoms. The zero-order valence-electron chi connectivity index (χ0n) is 18.0. The molecule has 0 atom stereocenters. The van der Waals surface area contributed by atoms with Gasteiger partial charge >= 0.3 is 5.97 Å². The lowest BCUT2D eigenvalue weighted by Crippen LogP contribution is -2.43. The van der Waals surface area contributed by atoms with Crippen LogP contribution in [0.1, 0.15) is 44.5 Å². The maximum absolute atomic E-state index is 11.3. The molecule has 0 bridgehead atoms. The quantitative estimate of drug-likeness (QED) is 0.380. The van der Waals surface area contributed by atoms with Crippen molar-refractivity contribution in [3.05, 3.63) is 47.3 Å². The minimum Gasteiger partial charge on any atom is -0.468 e. The van der Waals surface area contributed by atoms with Crippen LogP contribution in [0.2, 0.25) is 0 Å². The van der Waals surface area contributed by atoms with E-state index in [1.807, 2.05) is 6.92 Å². The molecule has 0 unspecified atom stereocenters. The lowest BCUT2D eigenvalue weighted by molar-refractivity contribution is -0.141. The van der Waals surface area contributed by atoms with E-state index in [1.54, 1.807) is 6.20 Å². The zero-order chi connectivity index (χ0) is 21.3. The molecule has 0 aliphatic rings. The molecule has 0 aliphatic carbocycles. The predicted octanol–water partition coefficient (Wildman–Crippen LogP) is 2.05. The Morgan fingerprint density at radius 1 is 1.21 bits per heavy atom. The number of carbonyl (C=O) groups is 1. The van der Waals surface area contributed by atoms with Crippen molar-refractivity contribution in [2.24, 2.45) is 4.99 Å². The van der Waals surface area contributed by atoms with Gasteiger partial charge in [-0.15, -0.1) is 5.10 Å². The monoisotopic (exact) mass is 400 g/mol. The maximum atomic E-state index is 11.3. The van der Waals surface area contributed by atoms with E-state index in [2.05, 4.69) is 75.7 Å². The van der Waals surface area contributed by atoms with E-state index in [1.165, 1.54) is 22.9 Å². The summed E-state index contributed by atoms with van der Waals surface area (Å²) in [5.74, 6) is 0.349. The first-order valence-corrected chi connectivity index (χ1v) is 9.95. The first-order valence-electron chi connectivity index (χ1n) is 9.95. The SMILES string of the molecule is CCNC(=NCc1cn(CC(=O)OC)nn1)NCC(C)(C)c1ccc(CC)cc1. The van der Waals surface area contributed by atoms with Crippen molar-refractivity contribution in [2.45, 2.75) is 52.6 Å². The first kappa shape index (κ1) is 22.4. The van der Waals surface area contributed by atoms with E-state index in [9.17, 15) is 4.79 Å². The van der Waals surface area contributed by atoms with Crippen molar-refractivity contribution in [1.82, 2.24) is 25.6 Å². The molecule has 2 rings (SSSR count). The zero-order valence-corrected chi connectivity index (χ0v) is 18.0. The Kier molecular flexibility index (Phi) is 8.18. The van der Waals surface area contributed by atoms with Crippen LogP contribution in [0, 0.1) is 0 Å². The number of esters is 1. The van der Waals surface area contributed by atoms with Crippen molar-refractivity contribution < 1.29 is 9.53 Å². The Morgan fingerprint density at radius 2 is 1.93 bits per heavy atom. The molecule has 0 amide bonds. The molecule has 1 heterocycles. The first-order chi connectivity index (χ1) is 13.9. The molecule has 29 heavy (non-hydrogen) atoms. The second kappa shape index (κ2) is 10.6. The summed E-state index contributed by atoms with van der Waals surface area (Å²) in [6.45, 7) is 10.5. The molecule has 1 aromatic heterocycles. The summed E-state index contributed by atoms with van der Waals surface area (Å²) in [4.78, 5) is 15.9. The van der Waals surface area contributed by atoms with Crippen molar-refractivity contribution in [2.75, 3.05) is 20.2 Å². The molecule has 0 saturated heterocycles. The molecule has 1 aromatic carbocycles. The van der Waals surface area contributed by atoms with Crippen molar-refractivity contribution in [3.8, 4) is 0 Å². The third-order valence-corrected chi connectivity index (χ3v) is 4.69. The number of methoxy groups -OCH3 is 1. The van der Waals surface area contributed by atoms with E-state index < -0.39 is 0 Å². The number of hydrogen-bond donors (Lipinski definition) is 2. The second-order valence-electron chi connectivity index (χ2n) is 7.47. The average Bonchev–Trinajstić information content (AvgIpc) is 3.17. The van der Waals surface area contributed by atoms with Crippen molar-refractivity contribution in [1.29, 1.82) is 0 Å². The van der Waals surface area contributed by atoms with Gasteiger partial charge in [0.1, 0.15) is 12.2 Å². The Hall–Kier alpha value is -2.90. The summed E-state index contributed by atoms with van der Waals surface area (Å²) in [6, 6.07) is 8.77. The summed E-state index contributed by atoms with van der Waals surface area (Å²) in [5, 5.41) is 14.6. The topological polar surface area (TPSA) is 93.4 Å². The molecular formula is C21H32N6O2. The number of benzene rings is 1. The third-order valence-electron chi connectivity index (χ3n) is 4.69. The van der Waals surface area contributed by atoms with Crippen LogP contribution < -0.4 is 10.6 Å². The van der Waals surface area contributed by atoms with Crippen LogP contribution in [-0.4, -0.2) is 47.1 Å². The summed E-state index contributed by atoms with van der Waals surface area (Å²) in [7, 11) is 1.35.